The molecule has 1 unspecified atom stereocenters. The highest BCUT2D eigenvalue weighted by molar-refractivity contribution is 5.83. The third kappa shape index (κ3) is 1.97. The molecule has 0 spiro atoms. The van der Waals surface area contributed by atoms with E-state index in [0.29, 0.717) is 0 Å². The highest BCUT2D eigenvalue weighted by atomic mass is 16.1. The van der Waals surface area contributed by atoms with Crippen molar-refractivity contribution in [2.45, 2.75) is 39.0 Å². The standard InChI is InChI=1S/C13H18O/c1-10(14)12-7-8-13(9-12)11-5-3-2-4-6-11/h7-9,11-12H,2-6H2,1H3. The second-order valence-electron chi connectivity index (χ2n) is 4.50. The van der Waals surface area contributed by atoms with E-state index in [9.17, 15) is 4.79 Å². The van der Waals surface area contributed by atoms with Gasteiger partial charge in [-0.15, -0.1) is 0 Å². The van der Waals surface area contributed by atoms with E-state index in [1.54, 1.807) is 6.92 Å². The monoisotopic (exact) mass is 190 g/mol. The zero-order valence-corrected chi connectivity index (χ0v) is 8.83. The quantitative estimate of drug-likeness (QED) is 0.653. The minimum atomic E-state index is 0.0759. The Morgan fingerprint density at radius 1 is 1.29 bits per heavy atom. The molecule has 1 atom stereocenters. The molecule has 0 aromatic rings. The smallest absolute Gasteiger partial charge is 0.140 e. The number of allylic oxidation sites excluding steroid dienone is 4. The fourth-order valence-electron chi connectivity index (χ4n) is 2.49. The van der Waals surface area contributed by atoms with Crippen LogP contribution < -0.4 is 0 Å². The van der Waals surface area contributed by atoms with Crippen molar-refractivity contribution >= 4 is 5.78 Å². The van der Waals surface area contributed by atoms with Crippen LogP contribution in [0.4, 0.5) is 0 Å². The van der Waals surface area contributed by atoms with Crippen LogP contribution in [0.2, 0.25) is 0 Å². The summed E-state index contributed by atoms with van der Waals surface area (Å²) >= 11 is 0. The fraction of sp³-hybridized carbons (Fsp3) is 0.615. The molecule has 1 heteroatoms. The lowest BCUT2D eigenvalue weighted by Crippen LogP contribution is -2.08. The molecule has 0 aliphatic heterocycles. The van der Waals surface area contributed by atoms with Gasteiger partial charge in [-0.1, -0.05) is 37.5 Å². The molecule has 0 aromatic carbocycles. The maximum absolute atomic E-state index is 11.2. The van der Waals surface area contributed by atoms with Gasteiger partial charge in [-0.3, -0.25) is 4.79 Å². The first-order valence-electron chi connectivity index (χ1n) is 5.68. The molecule has 0 aromatic heterocycles. The highest BCUT2D eigenvalue weighted by Gasteiger charge is 2.21. The summed E-state index contributed by atoms with van der Waals surface area (Å²) in [7, 11) is 0. The van der Waals surface area contributed by atoms with Crippen molar-refractivity contribution in [3.63, 3.8) is 0 Å². The number of hydrogen-bond acceptors (Lipinski definition) is 1. The van der Waals surface area contributed by atoms with Crippen LogP contribution in [0.3, 0.4) is 0 Å². The molecule has 14 heavy (non-hydrogen) atoms. The van der Waals surface area contributed by atoms with Gasteiger partial charge in [-0.2, -0.15) is 0 Å². The van der Waals surface area contributed by atoms with Crippen molar-refractivity contribution in [3.05, 3.63) is 23.8 Å². The van der Waals surface area contributed by atoms with E-state index in [1.807, 2.05) is 6.08 Å². The summed E-state index contributed by atoms with van der Waals surface area (Å²) in [5.74, 6) is 1.09. The summed E-state index contributed by atoms with van der Waals surface area (Å²) in [5, 5.41) is 0. The number of carbonyl (C=O) groups excluding carboxylic acids is 1. The molecule has 0 saturated heterocycles. The molecule has 2 aliphatic rings. The van der Waals surface area contributed by atoms with Crippen LogP contribution in [0.5, 0.6) is 0 Å². The lowest BCUT2D eigenvalue weighted by atomic mass is 9.84. The van der Waals surface area contributed by atoms with Gasteiger partial charge in [0, 0.05) is 0 Å². The molecular weight excluding hydrogens is 172 g/mol. The number of ketones is 1. The van der Waals surface area contributed by atoms with Crippen molar-refractivity contribution in [3.8, 4) is 0 Å². The molecule has 0 heterocycles. The summed E-state index contributed by atoms with van der Waals surface area (Å²) in [5.41, 5.74) is 1.42. The van der Waals surface area contributed by atoms with Crippen molar-refractivity contribution in [2.24, 2.45) is 11.8 Å². The first-order chi connectivity index (χ1) is 6.77. The SMILES string of the molecule is CC(=O)C1C=CC(C2CCCCC2)=C1. The van der Waals surface area contributed by atoms with Crippen LogP contribution in [0.25, 0.3) is 0 Å². The van der Waals surface area contributed by atoms with Crippen molar-refractivity contribution in [2.75, 3.05) is 0 Å². The average Bonchev–Trinajstić information content (AvgIpc) is 2.68. The van der Waals surface area contributed by atoms with Gasteiger partial charge in [0.2, 0.25) is 0 Å². The maximum atomic E-state index is 11.2. The Hall–Kier alpha value is -0.850. The number of carbonyl (C=O) groups is 1. The summed E-state index contributed by atoms with van der Waals surface area (Å²) < 4.78 is 0. The Bertz CT molecular complexity index is 280. The molecule has 1 nitrogen and oxygen atoms in total. The predicted octanol–water partition coefficient (Wildman–Crippen LogP) is 3.27. The van der Waals surface area contributed by atoms with Crippen LogP contribution in [-0.4, -0.2) is 5.78 Å². The van der Waals surface area contributed by atoms with Gasteiger partial charge in [0.05, 0.1) is 5.92 Å². The van der Waals surface area contributed by atoms with E-state index in [1.165, 1.54) is 37.7 Å². The normalized spacial score (nSPS) is 27.8. The van der Waals surface area contributed by atoms with Crippen molar-refractivity contribution < 1.29 is 4.79 Å². The Labute approximate surface area is 85.9 Å². The van der Waals surface area contributed by atoms with Crippen LogP contribution >= 0.6 is 0 Å². The second-order valence-corrected chi connectivity index (χ2v) is 4.50. The third-order valence-corrected chi connectivity index (χ3v) is 3.41. The Morgan fingerprint density at radius 2 is 2.00 bits per heavy atom. The largest absolute Gasteiger partial charge is 0.299 e. The average molecular weight is 190 g/mol. The molecule has 76 valence electrons. The van der Waals surface area contributed by atoms with Crippen LogP contribution in [0.15, 0.2) is 23.8 Å². The van der Waals surface area contributed by atoms with E-state index in [-0.39, 0.29) is 11.7 Å². The zero-order chi connectivity index (χ0) is 9.97. The predicted molar refractivity (Wildman–Crippen MR) is 58.0 cm³/mol. The Balaban J connectivity index is 2.02. The molecule has 1 saturated carbocycles. The number of hydrogen-bond donors (Lipinski definition) is 0. The molecule has 2 aliphatic carbocycles. The minimum Gasteiger partial charge on any atom is -0.299 e. The zero-order valence-electron chi connectivity index (χ0n) is 8.83. The summed E-state index contributed by atoms with van der Waals surface area (Å²) in [4.78, 5) is 11.2. The number of rotatable bonds is 2. The Kier molecular flexibility index (Phi) is 2.85. The van der Waals surface area contributed by atoms with Crippen molar-refractivity contribution in [1.82, 2.24) is 0 Å². The van der Waals surface area contributed by atoms with E-state index in [0.717, 1.165) is 5.92 Å². The molecular formula is C13H18O. The van der Waals surface area contributed by atoms with Gasteiger partial charge in [0.1, 0.15) is 5.78 Å². The van der Waals surface area contributed by atoms with Crippen LogP contribution in [0, 0.1) is 11.8 Å². The van der Waals surface area contributed by atoms with E-state index in [4.69, 9.17) is 0 Å². The molecule has 0 amide bonds. The maximum Gasteiger partial charge on any atom is 0.140 e. The van der Waals surface area contributed by atoms with Gasteiger partial charge in [0.15, 0.2) is 0 Å². The van der Waals surface area contributed by atoms with E-state index < -0.39 is 0 Å². The topological polar surface area (TPSA) is 17.1 Å². The first-order valence-corrected chi connectivity index (χ1v) is 5.68. The molecule has 1 fully saturated rings. The summed E-state index contributed by atoms with van der Waals surface area (Å²) in [6, 6.07) is 0. The molecule has 2 rings (SSSR count). The van der Waals surface area contributed by atoms with Gasteiger partial charge >= 0.3 is 0 Å². The van der Waals surface area contributed by atoms with Crippen molar-refractivity contribution in [1.29, 1.82) is 0 Å². The molecule has 0 radical (unpaired) electrons. The summed E-state index contributed by atoms with van der Waals surface area (Å²) in [6.07, 6.45) is 13.1. The third-order valence-electron chi connectivity index (χ3n) is 3.41. The molecule has 0 N–H and O–H groups in total. The Morgan fingerprint density at radius 3 is 2.57 bits per heavy atom. The first kappa shape index (κ1) is 9.70. The van der Waals surface area contributed by atoms with Gasteiger partial charge < -0.3 is 0 Å². The summed E-state index contributed by atoms with van der Waals surface area (Å²) in [6.45, 7) is 1.68. The second kappa shape index (κ2) is 4.12. The lowest BCUT2D eigenvalue weighted by molar-refractivity contribution is -0.118. The van der Waals surface area contributed by atoms with Gasteiger partial charge in [-0.25, -0.2) is 0 Å². The van der Waals surface area contributed by atoms with E-state index in [2.05, 4.69) is 12.2 Å². The van der Waals surface area contributed by atoms with Crippen LogP contribution in [-0.2, 0) is 4.79 Å². The van der Waals surface area contributed by atoms with Crippen LogP contribution in [0.1, 0.15) is 39.0 Å². The number of Topliss-reactive ketones (excluding diaryl/α,β-unsaturated/α-hetero) is 1. The highest BCUT2D eigenvalue weighted by Crippen LogP contribution is 2.33. The van der Waals surface area contributed by atoms with Gasteiger partial charge in [-0.05, 0) is 31.3 Å². The fourth-order valence-corrected chi connectivity index (χ4v) is 2.49. The van der Waals surface area contributed by atoms with E-state index >= 15 is 0 Å². The van der Waals surface area contributed by atoms with Gasteiger partial charge in [0.25, 0.3) is 0 Å². The minimum absolute atomic E-state index is 0.0759. The lowest BCUT2D eigenvalue weighted by Gasteiger charge is -2.21. The molecule has 0 bridgehead atoms.